The molecule has 126 valence electrons. The molecular formula is C19H28NO3+. The predicted octanol–water partition coefficient (Wildman–Crippen LogP) is 3.26. The molecule has 0 radical (unpaired) electrons. The molecule has 3 atom stereocenters. The van der Waals surface area contributed by atoms with Gasteiger partial charge in [0.05, 0.1) is 38.9 Å². The lowest BCUT2D eigenvalue weighted by molar-refractivity contribution is -0.947. The molecule has 2 aliphatic heterocycles. The van der Waals surface area contributed by atoms with E-state index in [9.17, 15) is 4.79 Å². The normalized spacial score (nSPS) is 30.3. The van der Waals surface area contributed by atoms with Crippen LogP contribution in [0, 0.1) is 5.92 Å². The lowest BCUT2D eigenvalue weighted by atomic mass is 9.82. The second kappa shape index (κ2) is 6.91. The van der Waals surface area contributed by atoms with Crippen LogP contribution in [-0.2, 0) is 4.74 Å². The van der Waals surface area contributed by atoms with E-state index in [4.69, 9.17) is 9.47 Å². The number of quaternary nitrogens is 1. The number of hydrogen-bond acceptors (Lipinski definition) is 3. The van der Waals surface area contributed by atoms with Gasteiger partial charge in [-0.15, -0.1) is 0 Å². The van der Waals surface area contributed by atoms with Gasteiger partial charge in [0.1, 0.15) is 12.4 Å². The highest BCUT2D eigenvalue weighted by Crippen LogP contribution is 2.36. The molecule has 2 unspecified atom stereocenters. The molecule has 2 saturated heterocycles. The molecule has 2 heterocycles. The summed E-state index contributed by atoms with van der Waals surface area (Å²) in [4.78, 5) is 12.3. The predicted molar refractivity (Wildman–Crippen MR) is 89.6 cm³/mol. The van der Waals surface area contributed by atoms with Crippen molar-refractivity contribution < 1.29 is 18.8 Å². The molecule has 0 spiro atoms. The summed E-state index contributed by atoms with van der Waals surface area (Å²) >= 11 is 0. The molecule has 2 aliphatic rings. The molecule has 0 aromatic heterocycles. The molecule has 1 aromatic carbocycles. The van der Waals surface area contributed by atoms with E-state index in [2.05, 4.69) is 7.05 Å². The number of benzene rings is 1. The molecule has 0 amide bonds. The van der Waals surface area contributed by atoms with Crippen LogP contribution in [0.5, 0.6) is 5.75 Å². The van der Waals surface area contributed by atoms with Crippen LogP contribution >= 0.6 is 0 Å². The fraction of sp³-hybridized carbons (Fsp3) is 0.632. The summed E-state index contributed by atoms with van der Waals surface area (Å²) in [5.74, 6) is 1.04. The summed E-state index contributed by atoms with van der Waals surface area (Å²) in [7, 11) is 4.01. The van der Waals surface area contributed by atoms with Crippen LogP contribution in [-0.4, -0.2) is 50.3 Å². The van der Waals surface area contributed by atoms with Gasteiger partial charge in [-0.25, -0.2) is 4.79 Å². The number of carbonyl (C=O) groups excluding carboxylic acids is 1. The first-order valence-electron chi connectivity index (χ1n) is 8.78. The summed E-state index contributed by atoms with van der Waals surface area (Å²) in [6.45, 7) is 3.13. The Bertz CT molecular complexity index is 538. The number of nitrogens with zero attached hydrogens (tertiary/aromatic N) is 1. The summed E-state index contributed by atoms with van der Waals surface area (Å²) in [5.41, 5.74) is 0.600. The second-order valence-corrected chi connectivity index (χ2v) is 7.22. The minimum atomic E-state index is -0.219. The number of carbonyl (C=O) groups is 1. The van der Waals surface area contributed by atoms with Gasteiger partial charge in [-0.3, -0.25) is 0 Å². The fourth-order valence-electron chi connectivity index (χ4n) is 4.42. The Kier molecular flexibility index (Phi) is 4.90. The van der Waals surface area contributed by atoms with Gasteiger partial charge in [-0.2, -0.15) is 0 Å². The highest BCUT2D eigenvalue weighted by molar-refractivity contribution is 5.89. The monoisotopic (exact) mass is 318 g/mol. The van der Waals surface area contributed by atoms with E-state index in [1.807, 2.05) is 0 Å². The zero-order valence-electron chi connectivity index (χ0n) is 14.3. The summed E-state index contributed by atoms with van der Waals surface area (Å²) in [6.07, 6.45) is 6.38. The topological polar surface area (TPSA) is 35.5 Å². The summed E-state index contributed by atoms with van der Waals surface area (Å²) < 4.78 is 12.0. The standard InChI is InChI=1S/C19H28NO3/c1-20-12-4-3-7-18(20)16(6-5-13-20)14-23-19(21)15-8-10-17(22-2)11-9-15/h8-11,16,18H,3-7,12-14H2,1-2H3/q+1/t16-,18?,20?/m1/s1. The van der Waals surface area contributed by atoms with Crippen molar-refractivity contribution in [3.8, 4) is 5.75 Å². The first-order valence-corrected chi connectivity index (χ1v) is 8.78. The van der Waals surface area contributed by atoms with Crippen molar-refractivity contribution in [3.63, 3.8) is 0 Å². The molecular weight excluding hydrogens is 290 g/mol. The van der Waals surface area contributed by atoms with Gasteiger partial charge < -0.3 is 14.0 Å². The summed E-state index contributed by atoms with van der Waals surface area (Å²) in [5, 5.41) is 0. The lowest BCUT2D eigenvalue weighted by Gasteiger charge is -2.51. The third-order valence-electron chi connectivity index (χ3n) is 5.76. The van der Waals surface area contributed by atoms with Gasteiger partial charge in [0.2, 0.25) is 0 Å². The average molecular weight is 318 g/mol. The third-order valence-corrected chi connectivity index (χ3v) is 5.76. The van der Waals surface area contributed by atoms with Crippen molar-refractivity contribution in [2.45, 2.75) is 38.1 Å². The number of piperidine rings is 2. The van der Waals surface area contributed by atoms with Crippen LogP contribution in [0.2, 0.25) is 0 Å². The number of hydrogen-bond donors (Lipinski definition) is 0. The van der Waals surface area contributed by atoms with Gasteiger partial charge in [0.25, 0.3) is 0 Å². The third kappa shape index (κ3) is 3.52. The molecule has 4 nitrogen and oxygen atoms in total. The zero-order chi connectivity index (χ0) is 16.3. The van der Waals surface area contributed by atoms with Crippen molar-refractivity contribution in [2.75, 3.05) is 33.9 Å². The maximum absolute atomic E-state index is 12.3. The number of esters is 1. The van der Waals surface area contributed by atoms with E-state index in [1.165, 1.54) is 49.7 Å². The largest absolute Gasteiger partial charge is 0.497 e. The van der Waals surface area contributed by atoms with Crippen molar-refractivity contribution in [1.82, 2.24) is 0 Å². The van der Waals surface area contributed by atoms with Gasteiger partial charge in [0, 0.05) is 12.3 Å². The van der Waals surface area contributed by atoms with E-state index in [1.54, 1.807) is 31.4 Å². The van der Waals surface area contributed by atoms with Gasteiger partial charge >= 0.3 is 5.97 Å². The fourth-order valence-corrected chi connectivity index (χ4v) is 4.42. The zero-order valence-corrected chi connectivity index (χ0v) is 14.3. The van der Waals surface area contributed by atoms with Gasteiger partial charge in [0.15, 0.2) is 0 Å². The quantitative estimate of drug-likeness (QED) is 0.631. The van der Waals surface area contributed by atoms with Crippen LogP contribution in [0.15, 0.2) is 24.3 Å². The molecule has 3 rings (SSSR count). The molecule has 0 N–H and O–H groups in total. The second-order valence-electron chi connectivity index (χ2n) is 7.22. The smallest absolute Gasteiger partial charge is 0.338 e. The maximum Gasteiger partial charge on any atom is 0.338 e. The van der Waals surface area contributed by atoms with Crippen LogP contribution in [0.4, 0.5) is 0 Å². The average Bonchev–Trinajstić information content (AvgIpc) is 2.59. The summed E-state index contributed by atoms with van der Waals surface area (Å²) in [6, 6.07) is 7.80. The Balaban J connectivity index is 1.59. The van der Waals surface area contributed by atoms with Gasteiger partial charge in [-0.1, -0.05) is 0 Å². The minimum absolute atomic E-state index is 0.219. The molecule has 4 heteroatoms. The van der Waals surface area contributed by atoms with E-state index < -0.39 is 0 Å². The van der Waals surface area contributed by atoms with E-state index in [-0.39, 0.29) is 5.97 Å². The molecule has 0 aliphatic carbocycles. The van der Waals surface area contributed by atoms with E-state index >= 15 is 0 Å². The first-order chi connectivity index (χ1) is 11.1. The lowest BCUT2D eigenvalue weighted by Crippen LogP contribution is -2.61. The Labute approximate surface area is 139 Å². The van der Waals surface area contributed by atoms with Crippen molar-refractivity contribution in [3.05, 3.63) is 29.8 Å². The van der Waals surface area contributed by atoms with E-state index in [0.717, 1.165) is 5.75 Å². The Hall–Kier alpha value is -1.55. The molecule has 1 aromatic rings. The van der Waals surface area contributed by atoms with Crippen molar-refractivity contribution in [1.29, 1.82) is 0 Å². The maximum atomic E-state index is 12.3. The Morgan fingerprint density at radius 2 is 1.87 bits per heavy atom. The Morgan fingerprint density at radius 3 is 2.61 bits per heavy atom. The van der Waals surface area contributed by atoms with Crippen LogP contribution in [0.1, 0.15) is 42.5 Å². The highest BCUT2D eigenvalue weighted by atomic mass is 16.5. The van der Waals surface area contributed by atoms with Crippen LogP contribution in [0.25, 0.3) is 0 Å². The number of ether oxygens (including phenoxy) is 2. The van der Waals surface area contributed by atoms with Crippen molar-refractivity contribution in [2.24, 2.45) is 5.92 Å². The first kappa shape index (κ1) is 16.3. The molecule has 2 fully saturated rings. The van der Waals surface area contributed by atoms with Crippen LogP contribution < -0.4 is 4.74 Å². The van der Waals surface area contributed by atoms with Gasteiger partial charge in [-0.05, 0) is 49.9 Å². The highest BCUT2D eigenvalue weighted by Gasteiger charge is 2.43. The number of rotatable bonds is 4. The Morgan fingerprint density at radius 1 is 1.13 bits per heavy atom. The minimum Gasteiger partial charge on any atom is -0.497 e. The van der Waals surface area contributed by atoms with Crippen LogP contribution in [0.3, 0.4) is 0 Å². The number of methoxy groups -OCH3 is 1. The SMILES string of the molecule is COc1ccc(C(=O)OC[C@H]2CCC[N+]3(C)CCCCC23)cc1. The molecule has 23 heavy (non-hydrogen) atoms. The molecule has 0 bridgehead atoms. The van der Waals surface area contributed by atoms with E-state index in [0.29, 0.717) is 24.1 Å². The van der Waals surface area contributed by atoms with Crippen molar-refractivity contribution >= 4 is 5.97 Å². The molecule has 0 saturated carbocycles. The number of fused-ring (bicyclic) bond motifs is 1.